The van der Waals surface area contributed by atoms with Gasteiger partial charge in [0.2, 0.25) is 5.91 Å². The topological polar surface area (TPSA) is 101 Å². The average Bonchev–Trinajstić information content (AvgIpc) is 2.82. The number of hydrogen-bond donors (Lipinski definition) is 3. The zero-order valence-corrected chi connectivity index (χ0v) is 10.6. The maximum absolute atomic E-state index is 11.9. The zero-order valence-electron chi connectivity index (χ0n) is 10.6. The fourth-order valence-electron chi connectivity index (χ4n) is 2.34. The van der Waals surface area contributed by atoms with Crippen LogP contribution in [-0.2, 0) is 11.3 Å². The van der Waals surface area contributed by atoms with Crippen molar-refractivity contribution < 1.29 is 14.4 Å². The summed E-state index contributed by atoms with van der Waals surface area (Å²) in [6.07, 6.45) is 0.406. The molecule has 0 spiro atoms. The van der Waals surface area contributed by atoms with E-state index in [0.29, 0.717) is 19.4 Å². The first-order valence-electron chi connectivity index (χ1n) is 6.12. The summed E-state index contributed by atoms with van der Waals surface area (Å²) in [6, 6.07) is -0.292. The van der Waals surface area contributed by atoms with Gasteiger partial charge in [-0.25, -0.2) is 0 Å². The van der Waals surface area contributed by atoms with E-state index in [1.807, 2.05) is 13.8 Å². The predicted molar refractivity (Wildman–Crippen MR) is 64.5 cm³/mol. The Bertz CT molecular complexity index is 414. The molecular weight excluding hydrogens is 234 g/mol. The number of rotatable bonds is 3. The van der Waals surface area contributed by atoms with E-state index in [1.165, 1.54) is 0 Å². The molecule has 3 atom stereocenters. The van der Waals surface area contributed by atoms with Gasteiger partial charge in [0.25, 0.3) is 0 Å². The summed E-state index contributed by atoms with van der Waals surface area (Å²) in [7, 11) is 0. The summed E-state index contributed by atoms with van der Waals surface area (Å²) in [6.45, 7) is 4.06. The third-order valence-electron chi connectivity index (χ3n) is 3.57. The number of aryl methyl sites for hydroxylation is 2. The van der Waals surface area contributed by atoms with Crippen LogP contribution in [0, 0.1) is 19.8 Å². The lowest BCUT2D eigenvalue weighted by Gasteiger charge is -2.10. The first kappa shape index (κ1) is 13.0. The van der Waals surface area contributed by atoms with Crippen molar-refractivity contribution in [1.82, 2.24) is 10.5 Å². The Morgan fingerprint density at radius 1 is 1.56 bits per heavy atom. The number of carbonyl (C=O) groups excluding carboxylic acids is 1. The van der Waals surface area contributed by atoms with Gasteiger partial charge in [-0.1, -0.05) is 5.16 Å². The highest BCUT2D eigenvalue weighted by atomic mass is 16.5. The molecule has 1 aliphatic rings. The van der Waals surface area contributed by atoms with Crippen molar-refractivity contribution in [1.29, 1.82) is 0 Å². The Morgan fingerprint density at radius 2 is 2.28 bits per heavy atom. The highest BCUT2D eigenvalue weighted by Gasteiger charge is 2.34. The molecule has 6 nitrogen and oxygen atoms in total. The minimum absolute atomic E-state index is 0.0676. The molecule has 1 heterocycles. The van der Waals surface area contributed by atoms with E-state index < -0.39 is 6.10 Å². The average molecular weight is 253 g/mol. The number of aromatic nitrogens is 1. The molecule has 2 rings (SSSR count). The van der Waals surface area contributed by atoms with Gasteiger partial charge in [0, 0.05) is 24.1 Å². The summed E-state index contributed by atoms with van der Waals surface area (Å²) in [4.78, 5) is 11.9. The molecule has 100 valence electrons. The smallest absolute Gasteiger partial charge is 0.223 e. The summed E-state index contributed by atoms with van der Waals surface area (Å²) in [5, 5.41) is 16.2. The number of aliphatic hydroxyl groups is 1. The molecule has 0 aromatic carbocycles. The quantitative estimate of drug-likeness (QED) is 0.704. The van der Waals surface area contributed by atoms with E-state index in [2.05, 4.69) is 10.5 Å². The van der Waals surface area contributed by atoms with Gasteiger partial charge < -0.3 is 20.7 Å². The van der Waals surface area contributed by atoms with Crippen LogP contribution in [0.2, 0.25) is 0 Å². The van der Waals surface area contributed by atoms with E-state index in [1.54, 1.807) is 0 Å². The van der Waals surface area contributed by atoms with Gasteiger partial charge >= 0.3 is 0 Å². The summed E-state index contributed by atoms with van der Waals surface area (Å²) in [5.74, 6) is 0.452. The Hall–Kier alpha value is -1.40. The molecule has 18 heavy (non-hydrogen) atoms. The zero-order chi connectivity index (χ0) is 13.3. The second-order valence-electron chi connectivity index (χ2n) is 4.92. The molecule has 6 heteroatoms. The number of nitrogens with two attached hydrogens (primary N) is 1. The molecule has 0 saturated heterocycles. The molecule has 1 aliphatic carbocycles. The number of nitrogens with zero attached hydrogens (tertiary/aromatic N) is 1. The van der Waals surface area contributed by atoms with Gasteiger partial charge in [-0.15, -0.1) is 0 Å². The third-order valence-corrected chi connectivity index (χ3v) is 3.57. The van der Waals surface area contributed by atoms with Crippen LogP contribution in [0.3, 0.4) is 0 Å². The van der Waals surface area contributed by atoms with Crippen LogP contribution in [0.1, 0.15) is 29.9 Å². The summed E-state index contributed by atoms with van der Waals surface area (Å²) >= 11 is 0. The molecular formula is C12H19N3O3. The lowest BCUT2D eigenvalue weighted by molar-refractivity contribution is -0.125. The highest BCUT2D eigenvalue weighted by molar-refractivity contribution is 5.79. The molecule has 0 unspecified atom stereocenters. The monoisotopic (exact) mass is 253 g/mol. The van der Waals surface area contributed by atoms with Crippen LogP contribution in [0.25, 0.3) is 0 Å². The largest absolute Gasteiger partial charge is 0.391 e. The van der Waals surface area contributed by atoms with Crippen molar-refractivity contribution in [2.24, 2.45) is 11.7 Å². The van der Waals surface area contributed by atoms with Crippen LogP contribution in [-0.4, -0.2) is 28.3 Å². The first-order valence-corrected chi connectivity index (χ1v) is 6.12. The van der Waals surface area contributed by atoms with Crippen molar-refractivity contribution in [2.75, 3.05) is 0 Å². The fourth-order valence-corrected chi connectivity index (χ4v) is 2.34. The second-order valence-corrected chi connectivity index (χ2v) is 4.92. The lowest BCUT2D eigenvalue weighted by atomic mass is 10.1. The van der Waals surface area contributed by atoms with Crippen molar-refractivity contribution in [2.45, 2.75) is 45.4 Å². The van der Waals surface area contributed by atoms with Crippen molar-refractivity contribution in [3.63, 3.8) is 0 Å². The maximum Gasteiger partial charge on any atom is 0.223 e. The van der Waals surface area contributed by atoms with Gasteiger partial charge in [0.05, 0.1) is 11.8 Å². The van der Waals surface area contributed by atoms with Gasteiger partial charge in [-0.05, 0) is 26.7 Å². The SMILES string of the molecule is Cc1noc(C)c1CNC(=O)[C@H]1C[C@@H](N)[C@H](O)C1. The standard InChI is InChI=1S/C12H19N3O3/c1-6-9(7(2)18-15-6)5-14-12(17)8-3-10(13)11(16)4-8/h8,10-11,16H,3-5,13H2,1-2H3,(H,14,17)/t8-,10+,11+/m0/s1. The highest BCUT2D eigenvalue weighted by Crippen LogP contribution is 2.25. The Kier molecular flexibility index (Phi) is 3.68. The van der Waals surface area contributed by atoms with Gasteiger partial charge in [-0.3, -0.25) is 4.79 Å². The molecule has 1 aromatic heterocycles. The molecule has 1 amide bonds. The minimum Gasteiger partial charge on any atom is -0.391 e. The maximum atomic E-state index is 11.9. The second kappa shape index (κ2) is 5.07. The molecule has 1 saturated carbocycles. The minimum atomic E-state index is -0.570. The van der Waals surface area contributed by atoms with Crippen molar-refractivity contribution >= 4 is 5.91 Å². The summed E-state index contributed by atoms with van der Waals surface area (Å²) < 4.78 is 5.03. The lowest BCUT2D eigenvalue weighted by Crippen LogP contribution is -2.30. The number of hydrogen-bond acceptors (Lipinski definition) is 5. The van der Waals surface area contributed by atoms with Gasteiger partial charge in [0.15, 0.2) is 0 Å². The number of aliphatic hydroxyl groups excluding tert-OH is 1. The third kappa shape index (κ3) is 2.54. The van der Waals surface area contributed by atoms with Crippen LogP contribution < -0.4 is 11.1 Å². The fraction of sp³-hybridized carbons (Fsp3) is 0.667. The van der Waals surface area contributed by atoms with Crippen LogP contribution in [0.4, 0.5) is 0 Å². The van der Waals surface area contributed by atoms with Crippen LogP contribution >= 0.6 is 0 Å². The van der Waals surface area contributed by atoms with E-state index in [-0.39, 0.29) is 17.9 Å². The van der Waals surface area contributed by atoms with E-state index >= 15 is 0 Å². The van der Waals surface area contributed by atoms with E-state index in [0.717, 1.165) is 17.0 Å². The van der Waals surface area contributed by atoms with Crippen molar-refractivity contribution in [3.05, 3.63) is 17.0 Å². The summed E-state index contributed by atoms with van der Waals surface area (Å²) in [5.41, 5.74) is 7.39. The van der Waals surface area contributed by atoms with E-state index in [9.17, 15) is 9.90 Å². The number of amides is 1. The van der Waals surface area contributed by atoms with Crippen LogP contribution in [0.15, 0.2) is 4.52 Å². The Balaban J connectivity index is 1.90. The Morgan fingerprint density at radius 3 is 2.78 bits per heavy atom. The predicted octanol–water partition coefficient (Wildman–Crippen LogP) is 0.00584. The number of nitrogens with one attached hydrogen (secondary N) is 1. The molecule has 4 N–H and O–H groups in total. The normalized spacial score (nSPS) is 27.4. The van der Waals surface area contributed by atoms with Gasteiger partial charge in [-0.2, -0.15) is 0 Å². The molecule has 0 bridgehead atoms. The van der Waals surface area contributed by atoms with Crippen LogP contribution in [0.5, 0.6) is 0 Å². The molecule has 0 radical (unpaired) electrons. The number of carbonyl (C=O) groups is 1. The van der Waals surface area contributed by atoms with E-state index in [4.69, 9.17) is 10.3 Å². The first-order chi connectivity index (χ1) is 8.49. The molecule has 1 fully saturated rings. The van der Waals surface area contributed by atoms with Gasteiger partial charge in [0.1, 0.15) is 5.76 Å². The van der Waals surface area contributed by atoms with Crippen molar-refractivity contribution in [3.8, 4) is 0 Å². The molecule has 1 aromatic rings. The molecule has 0 aliphatic heterocycles. The Labute approximate surface area is 106 Å².